The maximum atomic E-state index is 11.7. The van der Waals surface area contributed by atoms with E-state index in [2.05, 4.69) is 10.6 Å². The quantitative estimate of drug-likeness (QED) is 0.704. The van der Waals surface area contributed by atoms with E-state index in [1.165, 1.54) is 0 Å². The van der Waals surface area contributed by atoms with E-state index in [9.17, 15) is 9.59 Å². The van der Waals surface area contributed by atoms with Gasteiger partial charge in [0.15, 0.2) is 0 Å². The fourth-order valence-corrected chi connectivity index (χ4v) is 2.12. The molecule has 0 spiro atoms. The van der Waals surface area contributed by atoms with Crippen LogP contribution in [0.2, 0.25) is 0 Å². The largest absolute Gasteiger partial charge is 0.481 e. The van der Waals surface area contributed by atoms with Gasteiger partial charge in [-0.2, -0.15) is 0 Å². The number of nitrogens with one attached hydrogen (secondary N) is 2. The van der Waals surface area contributed by atoms with Crippen LogP contribution in [0.3, 0.4) is 0 Å². The van der Waals surface area contributed by atoms with Gasteiger partial charge in [-0.1, -0.05) is 0 Å². The van der Waals surface area contributed by atoms with Gasteiger partial charge in [0.05, 0.1) is 12.0 Å². The van der Waals surface area contributed by atoms with E-state index in [0.29, 0.717) is 6.61 Å². The Kier molecular flexibility index (Phi) is 4.95. The van der Waals surface area contributed by atoms with Gasteiger partial charge in [-0.3, -0.25) is 4.79 Å². The zero-order chi connectivity index (χ0) is 13.8. The molecule has 2 amide bonds. The van der Waals surface area contributed by atoms with Crippen LogP contribution in [0, 0.1) is 0 Å². The molecule has 6 nitrogen and oxygen atoms in total. The Labute approximate surface area is 107 Å². The lowest BCUT2D eigenvalue weighted by atomic mass is 9.94. The van der Waals surface area contributed by atoms with Gasteiger partial charge in [0.25, 0.3) is 0 Å². The Morgan fingerprint density at radius 3 is 2.72 bits per heavy atom. The summed E-state index contributed by atoms with van der Waals surface area (Å²) in [5.41, 5.74) is -0.219. The number of hydrogen-bond donors (Lipinski definition) is 3. The lowest BCUT2D eigenvalue weighted by molar-refractivity contribution is -0.137. The molecule has 0 aromatic heterocycles. The van der Waals surface area contributed by atoms with Crippen molar-refractivity contribution in [3.05, 3.63) is 0 Å². The van der Waals surface area contributed by atoms with E-state index in [0.717, 1.165) is 12.8 Å². The number of carboxylic acids is 1. The van der Waals surface area contributed by atoms with Gasteiger partial charge >= 0.3 is 12.0 Å². The number of urea groups is 1. The van der Waals surface area contributed by atoms with E-state index >= 15 is 0 Å². The van der Waals surface area contributed by atoms with Crippen molar-refractivity contribution in [1.82, 2.24) is 10.6 Å². The topological polar surface area (TPSA) is 87.7 Å². The summed E-state index contributed by atoms with van der Waals surface area (Å²) < 4.78 is 5.56. The third-order valence-electron chi connectivity index (χ3n) is 2.89. The molecule has 0 saturated carbocycles. The lowest BCUT2D eigenvalue weighted by Gasteiger charge is -2.35. The first-order chi connectivity index (χ1) is 8.28. The molecule has 0 aromatic rings. The lowest BCUT2D eigenvalue weighted by Crippen LogP contribution is -2.50. The van der Waals surface area contributed by atoms with E-state index in [4.69, 9.17) is 9.84 Å². The summed E-state index contributed by atoms with van der Waals surface area (Å²) in [6.07, 6.45) is 1.46. The minimum atomic E-state index is -0.921. The van der Waals surface area contributed by atoms with Crippen LogP contribution in [0.1, 0.15) is 40.0 Å². The number of carboxylic acid groups (broad SMARTS) is 1. The van der Waals surface area contributed by atoms with Crippen molar-refractivity contribution in [3.8, 4) is 0 Å². The Hall–Kier alpha value is -1.30. The second-order valence-corrected chi connectivity index (χ2v) is 5.41. The molecule has 1 saturated heterocycles. The second kappa shape index (κ2) is 6.04. The first-order valence-electron chi connectivity index (χ1n) is 6.21. The third-order valence-corrected chi connectivity index (χ3v) is 2.89. The fourth-order valence-electron chi connectivity index (χ4n) is 2.12. The van der Waals surface area contributed by atoms with E-state index < -0.39 is 5.97 Å². The summed E-state index contributed by atoms with van der Waals surface area (Å²) in [4.78, 5) is 22.1. The van der Waals surface area contributed by atoms with Crippen molar-refractivity contribution in [2.75, 3.05) is 6.61 Å². The SMILES string of the molecule is CC(CC(=O)O)NC(=O)NC1CCOC(C)(C)C1. The molecular weight excluding hydrogens is 236 g/mol. The van der Waals surface area contributed by atoms with Gasteiger partial charge < -0.3 is 20.5 Å². The minimum Gasteiger partial charge on any atom is -0.481 e. The van der Waals surface area contributed by atoms with E-state index in [1.54, 1.807) is 6.92 Å². The van der Waals surface area contributed by atoms with Crippen molar-refractivity contribution in [2.24, 2.45) is 0 Å². The zero-order valence-corrected chi connectivity index (χ0v) is 11.2. The second-order valence-electron chi connectivity index (χ2n) is 5.41. The van der Waals surface area contributed by atoms with Crippen molar-refractivity contribution in [2.45, 2.75) is 57.7 Å². The van der Waals surface area contributed by atoms with Gasteiger partial charge in [0.2, 0.25) is 0 Å². The van der Waals surface area contributed by atoms with Crippen molar-refractivity contribution >= 4 is 12.0 Å². The minimum absolute atomic E-state index is 0.0748. The maximum absolute atomic E-state index is 11.7. The molecular formula is C12H22N2O4. The van der Waals surface area contributed by atoms with Crippen molar-refractivity contribution < 1.29 is 19.4 Å². The Balaban J connectivity index is 2.33. The number of carbonyl (C=O) groups is 2. The first kappa shape index (κ1) is 14.8. The standard InChI is InChI=1S/C12H22N2O4/c1-8(6-10(15)16)13-11(17)14-9-4-5-18-12(2,3)7-9/h8-9H,4-7H2,1-3H3,(H,15,16)(H2,13,14,17). The van der Waals surface area contributed by atoms with Gasteiger partial charge in [-0.05, 0) is 33.6 Å². The third kappa shape index (κ3) is 5.35. The van der Waals surface area contributed by atoms with Gasteiger partial charge in [-0.25, -0.2) is 4.79 Å². The van der Waals surface area contributed by atoms with Crippen LogP contribution in [0.4, 0.5) is 4.79 Å². The summed E-state index contributed by atoms with van der Waals surface area (Å²) in [6, 6.07) is -0.618. The molecule has 0 bridgehead atoms. The highest BCUT2D eigenvalue weighted by Gasteiger charge is 2.29. The number of hydrogen-bond acceptors (Lipinski definition) is 3. The van der Waals surface area contributed by atoms with Crippen molar-refractivity contribution in [1.29, 1.82) is 0 Å². The molecule has 3 N–H and O–H groups in total. The molecule has 2 unspecified atom stereocenters. The molecule has 1 fully saturated rings. The molecule has 1 aliphatic heterocycles. The van der Waals surface area contributed by atoms with E-state index in [1.807, 2.05) is 13.8 Å². The monoisotopic (exact) mass is 258 g/mol. The summed E-state index contributed by atoms with van der Waals surface area (Å²) in [7, 11) is 0. The molecule has 1 heterocycles. The van der Waals surface area contributed by atoms with Gasteiger partial charge in [0.1, 0.15) is 0 Å². The highest BCUT2D eigenvalue weighted by atomic mass is 16.5. The van der Waals surface area contributed by atoms with Crippen LogP contribution in [0.5, 0.6) is 0 Å². The molecule has 2 atom stereocenters. The summed E-state index contributed by atoms with van der Waals surface area (Å²) >= 11 is 0. The van der Waals surface area contributed by atoms with Crippen LogP contribution >= 0.6 is 0 Å². The number of amides is 2. The summed E-state index contributed by atoms with van der Waals surface area (Å²) in [6.45, 7) is 6.28. The molecule has 0 aromatic carbocycles. The predicted molar refractivity (Wildman–Crippen MR) is 66.4 cm³/mol. The summed E-state index contributed by atoms with van der Waals surface area (Å²) in [5.74, 6) is -0.921. The van der Waals surface area contributed by atoms with Crippen LogP contribution in [-0.2, 0) is 9.53 Å². The smallest absolute Gasteiger partial charge is 0.315 e. The maximum Gasteiger partial charge on any atom is 0.315 e. The highest BCUT2D eigenvalue weighted by molar-refractivity contribution is 5.75. The molecule has 6 heteroatoms. The Morgan fingerprint density at radius 2 is 2.17 bits per heavy atom. The van der Waals surface area contributed by atoms with Crippen LogP contribution in [0.25, 0.3) is 0 Å². The fraction of sp³-hybridized carbons (Fsp3) is 0.833. The number of ether oxygens (including phenoxy) is 1. The average molecular weight is 258 g/mol. The number of aliphatic carboxylic acids is 1. The van der Waals surface area contributed by atoms with Gasteiger partial charge in [0, 0.05) is 18.7 Å². The van der Waals surface area contributed by atoms with Crippen LogP contribution < -0.4 is 10.6 Å². The zero-order valence-electron chi connectivity index (χ0n) is 11.2. The number of rotatable bonds is 4. The van der Waals surface area contributed by atoms with E-state index in [-0.39, 0.29) is 30.1 Å². The number of carbonyl (C=O) groups excluding carboxylic acids is 1. The average Bonchev–Trinajstić information content (AvgIpc) is 2.13. The van der Waals surface area contributed by atoms with Crippen LogP contribution in [0.15, 0.2) is 0 Å². The first-order valence-corrected chi connectivity index (χ1v) is 6.21. The Morgan fingerprint density at radius 1 is 1.50 bits per heavy atom. The molecule has 0 radical (unpaired) electrons. The molecule has 104 valence electrons. The normalized spacial score (nSPS) is 24.1. The van der Waals surface area contributed by atoms with Crippen molar-refractivity contribution in [3.63, 3.8) is 0 Å². The summed E-state index contributed by atoms with van der Waals surface area (Å²) in [5, 5.41) is 14.1. The van der Waals surface area contributed by atoms with Gasteiger partial charge in [-0.15, -0.1) is 0 Å². The Bertz CT molecular complexity index is 317. The molecule has 1 aliphatic rings. The molecule has 1 rings (SSSR count). The molecule has 0 aliphatic carbocycles. The molecule has 18 heavy (non-hydrogen) atoms. The predicted octanol–water partition coefficient (Wildman–Crippen LogP) is 1.11. The highest BCUT2D eigenvalue weighted by Crippen LogP contribution is 2.23. The van der Waals surface area contributed by atoms with Crippen LogP contribution in [-0.4, -0.2) is 41.4 Å².